The number of unbranched alkanes of at least 4 members (excludes halogenated alkanes) is 16. The molecule has 0 fully saturated rings. The molecule has 0 bridgehead atoms. The van der Waals surface area contributed by atoms with Crippen molar-refractivity contribution in [2.45, 2.75) is 148 Å². The second-order valence-corrected chi connectivity index (χ2v) is 11.9. The van der Waals surface area contributed by atoms with E-state index in [-0.39, 0.29) is 32.1 Å². The third kappa shape index (κ3) is 28.3. The maximum atomic E-state index is 11.9. The molecule has 9 nitrogen and oxygen atoms in total. The van der Waals surface area contributed by atoms with E-state index in [1.54, 1.807) is 0 Å². The number of carbonyl (C=O) groups is 2. The first kappa shape index (κ1) is 38.0. The summed E-state index contributed by atoms with van der Waals surface area (Å²) in [6, 6.07) is 0. The summed E-state index contributed by atoms with van der Waals surface area (Å²) in [5, 5.41) is 12.5. The van der Waals surface area contributed by atoms with Crippen molar-refractivity contribution < 1.29 is 37.9 Å². The van der Waals surface area contributed by atoms with Crippen LogP contribution in [0, 0.1) is 0 Å². The van der Waals surface area contributed by atoms with E-state index in [4.69, 9.17) is 13.8 Å². The van der Waals surface area contributed by atoms with Gasteiger partial charge in [-0.3, -0.25) is 18.6 Å². The maximum Gasteiger partial charge on any atom is 0.472 e. The summed E-state index contributed by atoms with van der Waals surface area (Å²) < 4.78 is 26.5. The van der Waals surface area contributed by atoms with Crippen molar-refractivity contribution >= 4 is 19.7 Å². The summed E-state index contributed by atoms with van der Waals surface area (Å²) in [6.45, 7) is 3.47. The number of phosphoric ester groups is 1. The zero-order chi connectivity index (χ0) is 29.0. The number of carbonyl (C=O) groups excluding carboxylic acids is 2. The molecule has 0 aliphatic heterocycles. The Labute approximate surface area is 237 Å². The smallest absolute Gasteiger partial charge is 0.463 e. The van der Waals surface area contributed by atoms with E-state index in [1.807, 2.05) is 0 Å². The van der Waals surface area contributed by atoms with Crippen LogP contribution in [-0.4, -0.2) is 54.3 Å². The molecule has 39 heavy (non-hydrogen) atoms. The molecule has 0 aliphatic rings. The molecular formula is C29H58NO8P. The molecule has 0 saturated heterocycles. The number of hydrogen-bond acceptors (Lipinski definition) is 7. The Balaban J connectivity index is 3.66. The SMILES string of the molecule is CCCCCCCCCCCCCC(=O)OCC(O)COP(=O)(O)OCCNC(=O)CCCCCCCCC. The van der Waals surface area contributed by atoms with Gasteiger partial charge in [-0.25, -0.2) is 4.57 Å². The fraction of sp³-hybridized carbons (Fsp3) is 0.931. The van der Waals surface area contributed by atoms with Crippen molar-refractivity contribution in [2.24, 2.45) is 0 Å². The Morgan fingerprint density at radius 1 is 0.692 bits per heavy atom. The van der Waals surface area contributed by atoms with Gasteiger partial charge in [-0.15, -0.1) is 0 Å². The van der Waals surface area contributed by atoms with Gasteiger partial charge in [0, 0.05) is 19.4 Å². The Morgan fingerprint density at radius 2 is 1.15 bits per heavy atom. The summed E-state index contributed by atoms with van der Waals surface area (Å²) >= 11 is 0. The minimum atomic E-state index is -4.39. The lowest BCUT2D eigenvalue weighted by molar-refractivity contribution is -0.147. The minimum Gasteiger partial charge on any atom is -0.463 e. The zero-order valence-corrected chi connectivity index (χ0v) is 25.7. The van der Waals surface area contributed by atoms with E-state index in [0.717, 1.165) is 38.5 Å². The zero-order valence-electron chi connectivity index (χ0n) is 24.8. The van der Waals surface area contributed by atoms with Crippen molar-refractivity contribution in [2.75, 3.05) is 26.4 Å². The van der Waals surface area contributed by atoms with Gasteiger partial charge in [0.2, 0.25) is 5.91 Å². The Hall–Kier alpha value is -0.990. The number of rotatable bonds is 29. The average Bonchev–Trinajstić information content (AvgIpc) is 2.91. The standard InChI is InChI=1S/C29H58NO8P/c1-3-5-7-9-11-12-13-14-16-18-20-22-29(33)36-25-27(31)26-38-39(34,35)37-24-23-30-28(32)21-19-17-15-10-8-6-4-2/h27,31H,3-26H2,1-2H3,(H,30,32)(H,34,35). The van der Waals surface area contributed by atoms with Gasteiger partial charge < -0.3 is 20.1 Å². The molecule has 2 atom stereocenters. The maximum absolute atomic E-state index is 11.9. The third-order valence-corrected chi connectivity index (χ3v) is 7.52. The number of nitrogens with one attached hydrogen (secondary N) is 1. The summed E-state index contributed by atoms with van der Waals surface area (Å²) in [4.78, 5) is 33.4. The van der Waals surface area contributed by atoms with Gasteiger partial charge in [0.1, 0.15) is 12.7 Å². The van der Waals surface area contributed by atoms with Crippen molar-refractivity contribution in [3.63, 3.8) is 0 Å². The van der Waals surface area contributed by atoms with Crippen LogP contribution in [0.25, 0.3) is 0 Å². The molecule has 232 valence electrons. The van der Waals surface area contributed by atoms with Crippen molar-refractivity contribution in [1.29, 1.82) is 0 Å². The number of aliphatic hydroxyl groups excluding tert-OH is 1. The molecule has 0 aromatic rings. The van der Waals surface area contributed by atoms with E-state index in [1.165, 1.54) is 77.0 Å². The highest BCUT2D eigenvalue weighted by Crippen LogP contribution is 2.42. The fourth-order valence-corrected chi connectivity index (χ4v) is 4.90. The van der Waals surface area contributed by atoms with Crippen LogP contribution >= 0.6 is 7.82 Å². The highest BCUT2D eigenvalue weighted by Gasteiger charge is 2.23. The topological polar surface area (TPSA) is 131 Å². The first-order chi connectivity index (χ1) is 18.8. The predicted molar refractivity (Wildman–Crippen MR) is 155 cm³/mol. The highest BCUT2D eigenvalue weighted by atomic mass is 31.2. The molecule has 0 heterocycles. The lowest BCUT2D eigenvalue weighted by atomic mass is 10.1. The van der Waals surface area contributed by atoms with Gasteiger partial charge in [-0.1, -0.05) is 117 Å². The number of ether oxygens (including phenoxy) is 1. The van der Waals surface area contributed by atoms with Crippen LogP contribution < -0.4 is 5.32 Å². The molecule has 0 aliphatic carbocycles. The van der Waals surface area contributed by atoms with E-state index in [2.05, 4.69) is 19.2 Å². The van der Waals surface area contributed by atoms with Crippen LogP contribution in [0.5, 0.6) is 0 Å². The van der Waals surface area contributed by atoms with E-state index in [9.17, 15) is 24.2 Å². The lowest BCUT2D eigenvalue weighted by Crippen LogP contribution is -2.27. The van der Waals surface area contributed by atoms with Gasteiger partial charge in [0.25, 0.3) is 0 Å². The third-order valence-electron chi connectivity index (χ3n) is 6.54. The van der Waals surface area contributed by atoms with Crippen molar-refractivity contribution in [3.8, 4) is 0 Å². The van der Waals surface area contributed by atoms with Crippen molar-refractivity contribution in [3.05, 3.63) is 0 Å². The summed E-state index contributed by atoms with van der Waals surface area (Å²) in [5.74, 6) is -0.521. The van der Waals surface area contributed by atoms with Gasteiger partial charge in [-0.2, -0.15) is 0 Å². The number of esters is 1. The van der Waals surface area contributed by atoms with E-state index < -0.39 is 26.5 Å². The Morgan fingerprint density at radius 3 is 1.67 bits per heavy atom. The Bertz CT molecular complexity index is 634. The number of aliphatic hydroxyl groups is 1. The van der Waals surface area contributed by atoms with E-state index in [0.29, 0.717) is 6.42 Å². The van der Waals surface area contributed by atoms with Crippen LogP contribution in [0.2, 0.25) is 0 Å². The lowest BCUT2D eigenvalue weighted by Gasteiger charge is -2.15. The van der Waals surface area contributed by atoms with Crippen molar-refractivity contribution in [1.82, 2.24) is 5.32 Å². The summed E-state index contributed by atoms with van der Waals surface area (Å²) in [5.41, 5.74) is 0. The predicted octanol–water partition coefficient (Wildman–Crippen LogP) is 6.98. The van der Waals surface area contributed by atoms with Crippen LogP contribution in [-0.2, 0) is 27.9 Å². The molecular weight excluding hydrogens is 521 g/mol. The molecule has 1 amide bonds. The number of hydrogen-bond donors (Lipinski definition) is 3. The Kier molecular flexibility index (Phi) is 26.5. The van der Waals surface area contributed by atoms with Crippen LogP contribution in [0.15, 0.2) is 0 Å². The van der Waals surface area contributed by atoms with Gasteiger partial charge >= 0.3 is 13.8 Å². The molecule has 0 aromatic carbocycles. The molecule has 3 N–H and O–H groups in total. The monoisotopic (exact) mass is 579 g/mol. The van der Waals surface area contributed by atoms with Crippen LogP contribution in [0.3, 0.4) is 0 Å². The van der Waals surface area contributed by atoms with Gasteiger partial charge in [0.05, 0.1) is 13.2 Å². The fourth-order valence-electron chi connectivity index (χ4n) is 4.14. The molecule has 0 radical (unpaired) electrons. The van der Waals surface area contributed by atoms with Gasteiger partial charge in [-0.05, 0) is 12.8 Å². The molecule has 2 unspecified atom stereocenters. The normalized spacial score (nSPS) is 13.6. The molecule has 0 saturated carbocycles. The number of amides is 1. The van der Waals surface area contributed by atoms with Crippen LogP contribution in [0.4, 0.5) is 0 Å². The van der Waals surface area contributed by atoms with Crippen LogP contribution in [0.1, 0.15) is 142 Å². The highest BCUT2D eigenvalue weighted by molar-refractivity contribution is 7.47. The minimum absolute atomic E-state index is 0.0858. The quantitative estimate of drug-likeness (QED) is 0.0491. The number of phosphoric acid groups is 1. The molecule has 0 spiro atoms. The van der Waals surface area contributed by atoms with E-state index >= 15 is 0 Å². The molecule has 0 aromatic heterocycles. The first-order valence-corrected chi connectivity index (χ1v) is 17.0. The second-order valence-electron chi connectivity index (χ2n) is 10.4. The summed E-state index contributed by atoms with van der Waals surface area (Å²) in [7, 11) is -4.39. The first-order valence-electron chi connectivity index (χ1n) is 15.5. The summed E-state index contributed by atoms with van der Waals surface area (Å²) in [6.07, 6.45) is 20.5. The van der Waals surface area contributed by atoms with Gasteiger partial charge in [0.15, 0.2) is 0 Å². The molecule has 0 rings (SSSR count). The molecule has 10 heteroatoms. The second kappa shape index (κ2) is 27.2. The largest absolute Gasteiger partial charge is 0.472 e. The average molecular weight is 580 g/mol.